The highest BCUT2D eigenvalue weighted by molar-refractivity contribution is 7.92. The summed E-state index contributed by atoms with van der Waals surface area (Å²) in [5.74, 6) is -3.87. The van der Waals surface area contributed by atoms with Crippen LogP contribution >= 0.6 is 11.3 Å². The second kappa shape index (κ2) is 5.43. The van der Waals surface area contributed by atoms with Crippen molar-refractivity contribution in [3.05, 3.63) is 45.9 Å². The molecule has 2 N–H and O–H groups in total. The summed E-state index contributed by atoms with van der Waals surface area (Å²) in [7, 11) is -4.21. The molecule has 1 heterocycles. The molecule has 0 unspecified atom stereocenters. The van der Waals surface area contributed by atoms with E-state index in [-0.39, 0.29) is 11.5 Å². The number of aliphatic hydroxyl groups excluding tert-OH is 1. The molecule has 0 radical (unpaired) electrons. The van der Waals surface area contributed by atoms with Gasteiger partial charge in [-0.2, -0.15) is 0 Å². The van der Waals surface area contributed by atoms with E-state index in [0.717, 1.165) is 11.3 Å². The molecule has 0 aliphatic rings. The SMILES string of the molecule is O=S(=O)(Nc1c(F)cc(F)cc1F)c1csc(CO)c1. The van der Waals surface area contributed by atoms with Crippen molar-refractivity contribution >= 4 is 27.0 Å². The van der Waals surface area contributed by atoms with Crippen LogP contribution in [-0.4, -0.2) is 13.5 Å². The topological polar surface area (TPSA) is 66.4 Å². The lowest BCUT2D eigenvalue weighted by Gasteiger charge is -2.08. The summed E-state index contributed by atoms with van der Waals surface area (Å²) in [5.41, 5.74) is -0.955. The Balaban J connectivity index is 2.38. The number of hydrogen-bond acceptors (Lipinski definition) is 4. The summed E-state index contributed by atoms with van der Waals surface area (Å²) in [6, 6.07) is 1.91. The smallest absolute Gasteiger partial charge is 0.262 e. The van der Waals surface area contributed by atoms with E-state index in [1.54, 1.807) is 4.72 Å². The monoisotopic (exact) mass is 323 g/mol. The van der Waals surface area contributed by atoms with Crippen LogP contribution in [0.15, 0.2) is 28.5 Å². The average molecular weight is 323 g/mol. The molecule has 0 aliphatic carbocycles. The number of aliphatic hydroxyl groups is 1. The molecule has 9 heteroatoms. The Morgan fingerprint density at radius 3 is 2.25 bits per heavy atom. The molecule has 1 aromatic carbocycles. The second-order valence-electron chi connectivity index (χ2n) is 3.76. The fraction of sp³-hybridized carbons (Fsp3) is 0.0909. The lowest BCUT2D eigenvalue weighted by molar-refractivity contribution is 0.285. The number of anilines is 1. The van der Waals surface area contributed by atoms with E-state index in [0.29, 0.717) is 17.0 Å². The minimum atomic E-state index is -4.21. The van der Waals surface area contributed by atoms with Crippen LogP contribution in [0, 0.1) is 17.5 Å². The molecular formula is C11H8F3NO3S2. The van der Waals surface area contributed by atoms with E-state index < -0.39 is 33.2 Å². The molecule has 2 aromatic rings. The number of thiophene rings is 1. The van der Waals surface area contributed by atoms with Crippen molar-refractivity contribution in [3.8, 4) is 0 Å². The second-order valence-corrected chi connectivity index (χ2v) is 6.43. The average Bonchev–Trinajstić information content (AvgIpc) is 2.83. The highest BCUT2D eigenvalue weighted by Gasteiger charge is 2.21. The fourth-order valence-electron chi connectivity index (χ4n) is 1.42. The molecule has 20 heavy (non-hydrogen) atoms. The van der Waals surface area contributed by atoms with Crippen molar-refractivity contribution in [1.29, 1.82) is 0 Å². The van der Waals surface area contributed by atoms with Gasteiger partial charge in [0.05, 0.1) is 11.5 Å². The molecule has 0 fully saturated rings. The fourth-order valence-corrected chi connectivity index (χ4v) is 3.63. The summed E-state index contributed by atoms with van der Waals surface area (Å²) < 4.78 is 65.0. The van der Waals surface area contributed by atoms with Gasteiger partial charge in [0, 0.05) is 22.4 Å². The van der Waals surface area contributed by atoms with Crippen LogP contribution < -0.4 is 4.72 Å². The van der Waals surface area contributed by atoms with E-state index in [4.69, 9.17) is 5.11 Å². The van der Waals surface area contributed by atoms with Gasteiger partial charge in [-0.1, -0.05) is 0 Å². The van der Waals surface area contributed by atoms with Gasteiger partial charge in [0.2, 0.25) is 0 Å². The molecule has 2 rings (SSSR count). The molecule has 1 aromatic heterocycles. The first-order valence-electron chi connectivity index (χ1n) is 5.19. The molecule has 0 spiro atoms. The van der Waals surface area contributed by atoms with Gasteiger partial charge in [-0.15, -0.1) is 11.3 Å². The van der Waals surface area contributed by atoms with Gasteiger partial charge in [-0.25, -0.2) is 21.6 Å². The van der Waals surface area contributed by atoms with E-state index in [9.17, 15) is 21.6 Å². The summed E-state index contributed by atoms with van der Waals surface area (Å²) in [4.78, 5) is 0.139. The third-order valence-electron chi connectivity index (χ3n) is 2.34. The highest BCUT2D eigenvalue weighted by Crippen LogP contribution is 2.25. The molecule has 0 saturated heterocycles. The van der Waals surface area contributed by atoms with Crippen molar-refractivity contribution < 1.29 is 26.7 Å². The summed E-state index contributed by atoms with van der Waals surface area (Å²) in [6.45, 7) is -0.348. The molecule has 0 amide bonds. The lowest BCUT2D eigenvalue weighted by atomic mass is 10.3. The largest absolute Gasteiger partial charge is 0.391 e. The molecule has 0 atom stereocenters. The molecule has 0 bridgehead atoms. The van der Waals surface area contributed by atoms with Crippen LogP contribution in [0.5, 0.6) is 0 Å². The first-order valence-corrected chi connectivity index (χ1v) is 7.55. The molecule has 0 aliphatic heterocycles. The Morgan fingerprint density at radius 2 is 1.75 bits per heavy atom. The lowest BCUT2D eigenvalue weighted by Crippen LogP contribution is -2.14. The predicted molar refractivity (Wildman–Crippen MR) is 67.4 cm³/mol. The van der Waals surface area contributed by atoms with Gasteiger partial charge in [0.15, 0.2) is 11.6 Å². The number of hydrogen-bond donors (Lipinski definition) is 2. The Labute approximate surface area is 116 Å². The third kappa shape index (κ3) is 2.94. The minimum Gasteiger partial charge on any atom is -0.391 e. The van der Waals surface area contributed by atoms with E-state index >= 15 is 0 Å². The highest BCUT2D eigenvalue weighted by atomic mass is 32.2. The molecular weight excluding hydrogens is 315 g/mol. The zero-order chi connectivity index (χ0) is 14.9. The van der Waals surface area contributed by atoms with Gasteiger partial charge >= 0.3 is 0 Å². The van der Waals surface area contributed by atoms with Crippen molar-refractivity contribution in [2.24, 2.45) is 0 Å². The van der Waals surface area contributed by atoms with Crippen LogP contribution in [0.2, 0.25) is 0 Å². The standard InChI is InChI=1S/C11H8F3NO3S2/c12-6-1-9(13)11(10(14)2-6)15-20(17,18)8-3-7(4-16)19-5-8/h1-3,5,15-16H,4H2. The maximum Gasteiger partial charge on any atom is 0.262 e. The first-order chi connectivity index (χ1) is 9.33. The van der Waals surface area contributed by atoms with Crippen LogP contribution in [0.25, 0.3) is 0 Å². The Morgan fingerprint density at radius 1 is 1.15 bits per heavy atom. The number of rotatable bonds is 4. The predicted octanol–water partition coefficient (Wildman–Crippen LogP) is 2.46. The minimum absolute atomic E-state index is 0.241. The number of benzene rings is 1. The van der Waals surface area contributed by atoms with Gasteiger partial charge in [-0.3, -0.25) is 4.72 Å². The first kappa shape index (κ1) is 14.8. The number of halogens is 3. The van der Waals surface area contributed by atoms with Crippen LogP contribution in [-0.2, 0) is 16.6 Å². The van der Waals surface area contributed by atoms with Gasteiger partial charge in [0.1, 0.15) is 11.5 Å². The van der Waals surface area contributed by atoms with Crippen LogP contribution in [0.3, 0.4) is 0 Å². The van der Waals surface area contributed by atoms with Crippen molar-refractivity contribution in [1.82, 2.24) is 0 Å². The van der Waals surface area contributed by atoms with Crippen LogP contribution in [0.1, 0.15) is 4.88 Å². The van der Waals surface area contributed by atoms with Gasteiger partial charge in [-0.05, 0) is 6.07 Å². The Bertz CT molecular complexity index is 720. The quantitative estimate of drug-likeness (QED) is 0.908. The third-order valence-corrected chi connectivity index (χ3v) is 4.74. The van der Waals surface area contributed by atoms with E-state index in [1.807, 2.05) is 0 Å². The summed E-state index contributed by atoms with van der Waals surface area (Å²) in [6.07, 6.45) is 0. The zero-order valence-corrected chi connectivity index (χ0v) is 11.4. The van der Waals surface area contributed by atoms with E-state index in [2.05, 4.69) is 0 Å². The normalized spacial score (nSPS) is 11.6. The van der Waals surface area contributed by atoms with Crippen molar-refractivity contribution in [3.63, 3.8) is 0 Å². The van der Waals surface area contributed by atoms with Crippen molar-refractivity contribution in [2.75, 3.05) is 4.72 Å². The Kier molecular flexibility index (Phi) is 4.02. The van der Waals surface area contributed by atoms with Crippen molar-refractivity contribution in [2.45, 2.75) is 11.5 Å². The van der Waals surface area contributed by atoms with Gasteiger partial charge in [0.25, 0.3) is 10.0 Å². The summed E-state index contributed by atoms with van der Waals surface area (Å²) in [5, 5.41) is 10.1. The molecule has 0 saturated carbocycles. The van der Waals surface area contributed by atoms with Gasteiger partial charge < -0.3 is 5.11 Å². The zero-order valence-electron chi connectivity index (χ0n) is 9.73. The number of sulfonamides is 1. The maximum atomic E-state index is 13.4. The van der Waals surface area contributed by atoms with E-state index in [1.165, 1.54) is 11.4 Å². The Hall–Kier alpha value is -1.58. The summed E-state index contributed by atoms with van der Waals surface area (Å²) >= 11 is 0.981. The maximum absolute atomic E-state index is 13.4. The molecule has 108 valence electrons. The number of nitrogens with one attached hydrogen (secondary N) is 1. The molecule has 4 nitrogen and oxygen atoms in total. The van der Waals surface area contributed by atoms with Crippen LogP contribution in [0.4, 0.5) is 18.9 Å².